The fraction of sp³-hybridized carbons (Fsp3) is 0.316. The summed E-state index contributed by atoms with van der Waals surface area (Å²) in [5.74, 6) is 0.643. The van der Waals surface area contributed by atoms with Crippen LogP contribution in [0.1, 0.15) is 11.8 Å². The van der Waals surface area contributed by atoms with Gasteiger partial charge in [-0.15, -0.1) is 0 Å². The van der Waals surface area contributed by atoms with Crippen molar-refractivity contribution in [2.24, 2.45) is 0 Å². The Morgan fingerprint density at radius 3 is 2.54 bits per heavy atom. The highest BCUT2D eigenvalue weighted by Crippen LogP contribution is 2.39. The van der Waals surface area contributed by atoms with Crippen LogP contribution < -0.4 is 0 Å². The van der Waals surface area contributed by atoms with Crippen LogP contribution in [-0.4, -0.2) is 49.8 Å². The van der Waals surface area contributed by atoms with Gasteiger partial charge < -0.3 is 20.1 Å². The number of halogens is 2. The maximum atomic E-state index is 10.5. The summed E-state index contributed by atoms with van der Waals surface area (Å²) in [5, 5.41) is 31.5. The van der Waals surface area contributed by atoms with Crippen LogP contribution in [0.3, 0.4) is 0 Å². The maximum absolute atomic E-state index is 10.5. The molecule has 1 aliphatic heterocycles. The summed E-state index contributed by atoms with van der Waals surface area (Å²) in [6, 6.07) is 13.2. The molecule has 0 saturated carbocycles. The van der Waals surface area contributed by atoms with E-state index in [1.165, 1.54) is 11.8 Å². The average molecular weight is 441 g/mol. The number of hydrogen-bond acceptors (Lipinski definition) is 6. The first-order valence-corrected chi connectivity index (χ1v) is 10.4. The molecular formula is C19H18Cl2N2O4S. The van der Waals surface area contributed by atoms with Crippen LogP contribution in [0.5, 0.6) is 0 Å². The second-order valence-electron chi connectivity index (χ2n) is 6.52. The predicted octanol–water partition coefficient (Wildman–Crippen LogP) is 3.25. The van der Waals surface area contributed by atoms with Gasteiger partial charge in [0.15, 0.2) is 11.4 Å². The number of aromatic nitrogens is 2. The molecule has 0 amide bonds. The fourth-order valence-electron chi connectivity index (χ4n) is 3.26. The number of benzene rings is 2. The maximum Gasteiger partial charge on any atom is 0.171 e. The van der Waals surface area contributed by atoms with Gasteiger partial charge in [0.1, 0.15) is 23.8 Å². The fourth-order valence-corrected chi connectivity index (χ4v) is 4.77. The second-order valence-corrected chi connectivity index (χ2v) is 8.31. The molecule has 4 rings (SSSR count). The minimum atomic E-state index is -1.23. The normalized spacial score (nSPS) is 24.9. The van der Waals surface area contributed by atoms with Gasteiger partial charge in [-0.3, -0.25) is 4.57 Å². The van der Waals surface area contributed by atoms with Crippen LogP contribution in [0.15, 0.2) is 47.6 Å². The Balaban J connectivity index is 1.78. The monoisotopic (exact) mass is 440 g/mol. The van der Waals surface area contributed by atoms with Crippen LogP contribution in [-0.2, 0) is 10.5 Å². The molecule has 148 valence electrons. The Labute approximate surface area is 175 Å². The molecule has 2 aromatic carbocycles. The topological polar surface area (TPSA) is 87.7 Å². The Morgan fingerprint density at radius 1 is 1.11 bits per heavy atom. The van der Waals surface area contributed by atoms with Crippen LogP contribution in [0, 0.1) is 0 Å². The summed E-state index contributed by atoms with van der Waals surface area (Å²) in [7, 11) is 0. The number of fused-ring (bicyclic) bond motifs is 1. The van der Waals surface area contributed by atoms with Gasteiger partial charge in [0.25, 0.3) is 0 Å². The van der Waals surface area contributed by atoms with Gasteiger partial charge in [0.2, 0.25) is 0 Å². The molecule has 28 heavy (non-hydrogen) atoms. The van der Waals surface area contributed by atoms with E-state index < -0.39 is 31.1 Å². The summed E-state index contributed by atoms with van der Waals surface area (Å²) < 4.78 is 7.42. The standard InChI is InChI=1S/C19H18Cl2N2O4S/c20-11-6-12(21)15-13(7-11)23(18-17(26)16(25)14(8-24)27-18)19(22-15)28-9-10-4-2-1-3-5-10/h1-7,14,16-18,24-26H,8-9H2/t14-,16-,17-,18?/m1/s1. The Hall–Kier alpha value is -1.32. The molecule has 0 bridgehead atoms. The quantitative estimate of drug-likeness (QED) is 0.527. The third-order valence-corrected chi connectivity index (χ3v) is 6.19. The average Bonchev–Trinajstić information content (AvgIpc) is 3.18. The highest BCUT2D eigenvalue weighted by molar-refractivity contribution is 7.98. The molecule has 1 saturated heterocycles. The summed E-state index contributed by atoms with van der Waals surface area (Å²) in [4.78, 5) is 4.62. The van der Waals surface area contributed by atoms with Crippen molar-refractivity contribution in [3.8, 4) is 0 Å². The van der Waals surface area contributed by atoms with Crippen LogP contribution in [0.4, 0.5) is 0 Å². The largest absolute Gasteiger partial charge is 0.394 e. The van der Waals surface area contributed by atoms with Crippen LogP contribution in [0.2, 0.25) is 10.0 Å². The molecule has 2 heterocycles. The number of nitrogens with zero attached hydrogens (tertiary/aromatic N) is 2. The van der Waals surface area contributed by atoms with Crippen molar-refractivity contribution in [1.82, 2.24) is 9.55 Å². The first kappa shape index (κ1) is 20.0. The SMILES string of the molecule is OC[C@H]1OC(n2c(SCc3ccccc3)nc3c(Cl)cc(Cl)cc32)[C@H](O)[C@@H]1O. The lowest BCUT2D eigenvalue weighted by Crippen LogP contribution is -2.33. The summed E-state index contributed by atoms with van der Waals surface area (Å²) >= 11 is 14.0. The predicted molar refractivity (Wildman–Crippen MR) is 109 cm³/mol. The zero-order valence-electron chi connectivity index (χ0n) is 14.6. The van der Waals surface area contributed by atoms with Crippen molar-refractivity contribution in [2.45, 2.75) is 35.4 Å². The third-order valence-electron chi connectivity index (χ3n) is 4.66. The van der Waals surface area contributed by atoms with Crippen LogP contribution >= 0.6 is 35.0 Å². The number of imidazole rings is 1. The number of thioether (sulfide) groups is 1. The van der Waals surface area contributed by atoms with E-state index in [1.54, 1.807) is 16.7 Å². The van der Waals surface area contributed by atoms with E-state index in [0.717, 1.165) is 5.56 Å². The number of aliphatic hydroxyl groups excluding tert-OH is 3. The van der Waals surface area contributed by atoms with E-state index in [-0.39, 0.29) is 0 Å². The molecular weight excluding hydrogens is 423 g/mol. The van der Waals surface area contributed by atoms with E-state index in [0.29, 0.717) is 32.0 Å². The first-order chi connectivity index (χ1) is 13.5. The Morgan fingerprint density at radius 2 is 1.86 bits per heavy atom. The minimum Gasteiger partial charge on any atom is -0.394 e. The van der Waals surface area contributed by atoms with Gasteiger partial charge in [-0.2, -0.15) is 0 Å². The van der Waals surface area contributed by atoms with Crippen molar-refractivity contribution in [3.63, 3.8) is 0 Å². The molecule has 1 aliphatic rings. The lowest BCUT2D eigenvalue weighted by molar-refractivity contribution is -0.0546. The number of aliphatic hydroxyl groups is 3. The second kappa shape index (κ2) is 8.20. The number of hydrogen-bond donors (Lipinski definition) is 3. The van der Waals surface area contributed by atoms with E-state index in [4.69, 9.17) is 27.9 Å². The summed E-state index contributed by atoms with van der Waals surface area (Å²) in [6.07, 6.45) is -4.26. The van der Waals surface area contributed by atoms with Crippen molar-refractivity contribution < 1.29 is 20.1 Å². The van der Waals surface area contributed by atoms with Gasteiger partial charge >= 0.3 is 0 Å². The third kappa shape index (κ3) is 3.64. The van der Waals surface area contributed by atoms with Gasteiger partial charge in [-0.1, -0.05) is 65.3 Å². The Kier molecular flexibility index (Phi) is 5.85. The van der Waals surface area contributed by atoms with Crippen LogP contribution in [0.25, 0.3) is 11.0 Å². The smallest absolute Gasteiger partial charge is 0.171 e. The lowest BCUT2D eigenvalue weighted by atomic mass is 10.1. The van der Waals surface area contributed by atoms with Gasteiger partial charge in [-0.25, -0.2) is 4.98 Å². The minimum absolute atomic E-state index is 0.384. The van der Waals surface area contributed by atoms with E-state index in [1.807, 2.05) is 30.3 Å². The van der Waals surface area contributed by atoms with E-state index in [2.05, 4.69) is 4.98 Å². The molecule has 1 aromatic heterocycles. The molecule has 1 unspecified atom stereocenters. The van der Waals surface area contributed by atoms with Crippen molar-refractivity contribution in [3.05, 3.63) is 58.1 Å². The van der Waals surface area contributed by atoms with Gasteiger partial charge in [0.05, 0.1) is 17.1 Å². The van der Waals surface area contributed by atoms with Crippen molar-refractivity contribution in [2.75, 3.05) is 6.61 Å². The zero-order chi connectivity index (χ0) is 19.8. The number of ether oxygens (including phenoxy) is 1. The van der Waals surface area contributed by atoms with E-state index >= 15 is 0 Å². The molecule has 1 fully saturated rings. The molecule has 4 atom stereocenters. The molecule has 3 aromatic rings. The molecule has 0 radical (unpaired) electrons. The molecule has 3 N–H and O–H groups in total. The zero-order valence-corrected chi connectivity index (χ0v) is 16.9. The molecule has 0 aliphatic carbocycles. The first-order valence-electron chi connectivity index (χ1n) is 8.65. The van der Waals surface area contributed by atoms with Gasteiger partial charge in [-0.05, 0) is 17.7 Å². The summed E-state index contributed by atoms with van der Waals surface area (Å²) in [6.45, 7) is -0.407. The molecule has 6 nitrogen and oxygen atoms in total. The van der Waals surface area contributed by atoms with E-state index in [9.17, 15) is 15.3 Å². The van der Waals surface area contributed by atoms with Crippen molar-refractivity contribution >= 4 is 46.0 Å². The Bertz CT molecular complexity index is 985. The highest BCUT2D eigenvalue weighted by Gasteiger charge is 2.44. The lowest BCUT2D eigenvalue weighted by Gasteiger charge is -2.19. The molecule has 0 spiro atoms. The molecule has 9 heteroatoms. The van der Waals surface area contributed by atoms with Gasteiger partial charge in [0, 0.05) is 10.8 Å². The van der Waals surface area contributed by atoms with Crippen molar-refractivity contribution in [1.29, 1.82) is 0 Å². The summed E-state index contributed by atoms with van der Waals surface area (Å²) in [5.41, 5.74) is 2.22. The number of rotatable bonds is 5. The highest BCUT2D eigenvalue weighted by atomic mass is 35.5.